The van der Waals surface area contributed by atoms with Crippen LogP contribution in [0.1, 0.15) is 23.5 Å². The van der Waals surface area contributed by atoms with Gasteiger partial charge in [-0.25, -0.2) is 4.39 Å². The summed E-state index contributed by atoms with van der Waals surface area (Å²) in [7, 11) is 0. The van der Waals surface area contributed by atoms with Gasteiger partial charge in [0.25, 0.3) is 0 Å². The summed E-state index contributed by atoms with van der Waals surface area (Å²) in [6.07, 6.45) is 0.789. The molecule has 4 heteroatoms. The summed E-state index contributed by atoms with van der Waals surface area (Å²) in [6, 6.07) is 13.5. The number of amides is 1. The van der Waals surface area contributed by atoms with Gasteiger partial charge in [-0.1, -0.05) is 24.3 Å². The highest BCUT2D eigenvalue weighted by atomic mass is 19.1. The number of hydrogen-bond acceptors (Lipinski definition) is 2. The second-order valence-electron chi connectivity index (χ2n) is 5.35. The van der Waals surface area contributed by atoms with E-state index in [9.17, 15) is 9.18 Å². The first-order valence-electron chi connectivity index (χ1n) is 6.93. The smallest absolute Gasteiger partial charge is 0.228 e. The van der Waals surface area contributed by atoms with Crippen LogP contribution in [0, 0.1) is 11.7 Å². The second-order valence-corrected chi connectivity index (χ2v) is 5.35. The van der Waals surface area contributed by atoms with E-state index in [0.29, 0.717) is 5.69 Å². The maximum absolute atomic E-state index is 12.9. The van der Waals surface area contributed by atoms with Crippen LogP contribution in [0.3, 0.4) is 0 Å². The monoisotopic (exact) mass is 285 g/mol. The summed E-state index contributed by atoms with van der Waals surface area (Å²) in [5.41, 5.74) is 2.45. The lowest BCUT2D eigenvalue weighted by Gasteiger charge is -2.06. The van der Waals surface area contributed by atoms with Crippen molar-refractivity contribution in [3.05, 3.63) is 65.5 Å². The summed E-state index contributed by atoms with van der Waals surface area (Å²) >= 11 is 0. The third-order valence-corrected chi connectivity index (χ3v) is 3.80. The molecule has 0 aliphatic heterocycles. The second kappa shape index (κ2) is 5.66. The van der Waals surface area contributed by atoms with Crippen LogP contribution in [-0.2, 0) is 11.4 Å². The molecule has 2 atom stereocenters. The Bertz CT molecular complexity index is 654. The minimum Gasteiger partial charge on any atom is -0.392 e. The molecule has 21 heavy (non-hydrogen) atoms. The van der Waals surface area contributed by atoms with Crippen LogP contribution in [0.15, 0.2) is 48.5 Å². The van der Waals surface area contributed by atoms with Gasteiger partial charge in [0.2, 0.25) is 5.91 Å². The van der Waals surface area contributed by atoms with Gasteiger partial charge in [0.1, 0.15) is 5.82 Å². The Kier molecular flexibility index (Phi) is 3.71. The number of anilines is 1. The third-order valence-electron chi connectivity index (χ3n) is 3.80. The predicted molar refractivity (Wildman–Crippen MR) is 78.2 cm³/mol. The van der Waals surface area contributed by atoms with E-state index < -0.39 is 0 Å². The average molecular weight is 285 g/mol. The minimum atomic E-state index is -0.263. The molecule has 0 spiro atoms. The molecule has 1 aliphatic rings. The molecule has 2 N–H and O–H groups in total. The maximum atomic E-state index is 12.9. The lowest BCUT2D eigenvalue weighted by atomic mass is 10.1. The Balaban J connectivity index is 1.63. The quantitative estimate of drug-likeness (QED) is 0.907. The van der Waals surface area contributed by atoms with Crippen LogP contribution in [0.2, 0.25) is 0 Å². The molecule has 0 bridgehead atoms. The van der Waals surface area contributed by atoms with Crippen molar-refractivity contribution in [1.29, 1.82) is 0 Å². The van der Waals surface area contributed by atoms with Crippen molar-refractivity contribution >= 4 is 11.6 Å². The van der Waals surface area contributed by atoms with Gasteiger partial charge >= 0.3 is 0 Å². The number of hydrogen-bond donors (Lipinski definition) is 2. The molecule has 1 aliphatic carbocycles. The molecule has 0 radical (unpaired) electrons. The first-order valence-corrected chi connectivity index (χ1v) is 6.93. The zero-order chi connectivity index (χ0) is 14.8. The van der Waals surface area contributed by atoms with E-state index >= 15 is 0 Å². The predicted octanol–water partition coefficient (Wildman–Crippen LogP) is 3.06. The molecule has 2 aromatic rings. The van der Waals surface area contributed by atoms with Crippen LogP contribution in [0.4, 0.5) is 10.1 Å². The number of benzene rings is 2. The van der Waals surface area contributed by atoms with E-state index in [0.717, 1.165) is 17.5 Å². The van der Waals surface area contributed by atoms with E-state index in [1.54, 1.807) is 36.4 Å². The van der Waals surface area contributed by atoms with E-state index in [2.05, 4.69) is 5.32 Å². The van der Waals surface area contributed by atoms with Crippen LogP contribution in [-0.4, -0.2) is 11.0 Å². The van der Waals surface area contributed by atoms with E-state index in [1.807, 2.05) is 0 Å². The molecule has 0 saturated heterocycles. The number of halogens is 1. The fraction of sp³-hybridized carbons (Fsp3) is 0.235. The van der Waals surface area contributed by atoms with Gasteiger partial charge in [0.05, 0.1) is 6.61 Å². The van der Waals surface area contributed by atoms with E-state index in [-0.39, 0.29) is 30.2 Å². The van der Waals surface area contributed by atoms with Gasteiger partial charge in [0, 0.05) is 11.6 Å². The fourth-order valence-electron chi connectivity index (χ4n) is 2.55. The molecule has 2 unspecified atom stereocenters. The van der Waals surface area contributed by atoms with Crippen molar-refractivity contribution in [2.24, 2.45) is 5.92 Å². The lowest BCUT2D eigenvalue weighted by Crippen LogP contribution is -2.14. The third kappa shape index (κ3) is 3.11. The molecular formula is C17H16FNO2. The normalized spacial score (nSPS) is 20.1. The summed E-state index contributed by atoms with van der Waals surface area (Å²) in [4.78, 5) is 12.2. The van der Waals surface area contributed by atoms with Gasteiger partial charge in [-0.2, -0.15) is 0 Å². The fourth-order valence-corrected chi connectivity index (χ4v) is 2.55. The molecule has 108 valence electrons. The van der Waals surface area contributed by atoms with Crippen LogP contribution in [0.25, 0.3) is 0 Å². The zero-order valence-corrected chi connectivity index (χ0v) is 11.4. The van der Waals surface area contributed by atoms with E-state index in [4.69, 9.17) is 5.11 Å². The van der Waals surface area contributed by atoms with Crippen molar-refractivity contribution in [2.75, 3.05) is 5.32 Å². The Morgan fingerprint density at radius 3 is 2.71 bits per heavy atom. The molecular weight excluding hydrogens is 269 g/mol. The number of rotatable bonds is 4. The number of carbonyl (C=O) groups excluding carboxylic acids is 1. The number of carbonyl (C=O) groups is 1. The van der Waals surface area contributed by atoms with Crippen LogP contribution >= 0.6 is 0 Å². The highest BCUT2D eigenvalue weighted by Gasteiger charge is 2.43. The first-order chi connectivity index (χ1) is 10.2. The van der Waals surface area contributed by atoms with Gasteiger partial charge in [-0.3, -0.25) is 4.79 Å². The summed E-state index contributed by atoms with van der Waals surface area (Å²) < 4.78 is 12.9. The maximum Gasteiger partial charge on any atom is 0.228 e. The summed E-state index contributed by atoms with van der Waals surface area (Å²) in [5.74, 6) is -0.180. The Labute approximate surface area is 122 Å². The van der Waals surface area contributed by atoms with Gasteiger partial charge < -0.3 is 10.4 Å². The molecule has 2 aromatic carbocycles. The number of aliphatic hydroxyl groups is 1. The standard InChI is InChI=1S/C17H16FNO2/c18-13-6-4-12(5-7-13)15-9-16(15)17(21)19-14-3-1-2-11(8-14)10-20/h1-8,15-16,20H,9-10H2,(H,19,21). The highest BCUT2D eigenvalue weighted by Crippen LogP contribution is 2.47. The van der Waals surface area contributed by atoms with Crippen LogP contribution < -0.4 is 5.32 Å². The summed E-state index contributed by atoms with van der Waals surface area (Å²) in [5, 5.41) is 12.0. The van der Waals surface area contributed by atoms with Gasteiger partial charge in [-0.05, 0) is 47.7 Å². The zero-order valence-electron chi connectivity index (χ0n) is 11.4. The molecule has 3 rings (SSSR count). The number of nitrogens with one attached hydrogen (secondary N) is 1. The topological polar surface area (TPSA) is 49.3 Å². The van der Waals surface area contributed by atoms with Crippen molar-refractivity contribution in [3.63, 3.8) is 0 Å². The van der Waals surface area contributed by atoms with E-state index in [1.165, 1.54) is 12.1 Å². The molecule has 1 fully saturated rings. The van der Waals surface area contributed by atoms with Crippen LogP contribution in [0.5, 0.6) is 0 Å². The van der Waals surface area contributed by atoms with Gasteiger partial charge in [-0.15, -0.1) is 0 Å². The first kappa shape index (κ1) is 13.8. The Hall–Kier alpha value is -2.20. The van der Waals surface area contributed by atoms with Crippen molar-refractivity contribution in [2.45, 2.75) is 18.9 Å². The highest BCUT2D eigenvalue weighted by molar-refractivity contribution is 5.95. The minimum absolute atomic E-state index is 0.0283. The lowest BCUT2D eigenvalue weighted by molar-refractivity contribution is -0.117. The van der Waals surface area contributed by atoms with Gasteiger partial charge in [0.15, 0.2) is 0 Å². The SMILES string of the molecule is O=C(Nc1cccc(CO)c1)C1CC1c1ccc(F)cc1. The molecule has 1 amide bonds. The Morgan fingerprint density at radius 2 is 2.00 bits per heavy atom. The molecule has 0 heterocycles. The number of aliphatic hydroxyl groups excluding tert-OH is 1. The Morgan fingerprint density at radius 1 is 1.24 bits per heavy atom. The summed E-state index contributed by atoms with van der Waals surface area (Å²) in [6.45, 7) is -0.0503. The van der Waals surface area contributed by atoms with Crippen molar-refractivity contribution in [1.82, 2.24) is 0 Å². The average Bonchev–Trinajstić information content (AvgIpc) is 3.29. The molecule has 0 aromatic heterocycles. The largest absolute Gasteiger partial charge is 0.392 e. The van der Waals surface area contributed by atoms with Crippen molar-refractivity contribution in [3.8, 4) is 0 Å². The molecule has 3 nitrogen and oxygen atoms in total. The molecule has 1 saturated carbocycles. The van der Waals surface area contributed by atoms with Crippen molar-refractivity contribution < 1.29 is 14.3 Å².